The molecular formula is C25H27NO. The van der Waals surface area contributed by atoms with E-state index in [1.807, 2.05) is 12.4 Å². The summed E-state index contributed by atoms with van der Waals surface area (Å²) < 4.78 is 6.59. The molecule has 0 N–H and O–H groups in total. The van der Waals surface area contributed by atoms with Gasteiger partial charge in [0.1, 0.15) is 6.10 Å². The number of aryl methyl sites for hydroxylation is 1. The zero-order chi connectivity index (χ0) is 18.5. The van der Waals surface area contributed by atoms with Gasteiger partial charge in [-0.2, -0.15) is 0 Å². The van der Waals surface area contributed by atoms with E-state index >= 15 is 0 Å². The first-order chi connectivity index (χ1) is 13.3. The maximum atomic E-state index is 6.59. The zero-order valence-corrected chi connectivity index (χ0v) is 15.9. The molecule has 3 atom stereocenters. The summed E-state index contributed by atoms with van der Waals surface area (Å²) in [6, 6.07) is 23.5. The van der Waals surface area contributed by atoms with Crippen LogP contribution in [0.15, 0.2) is 79.1 Å². The molecule has 2 aromatic carbocycles. The molecular weight excluding hydrogens is 330 g/mol. The Kier molecular flexibility index (Phi) is 5.64. The van der Waals surface area contributed by atoms with Gasteiger partial charge in [0.05, 0.1) is 6.10 Å². The molecule has 4 rings (SSSR count). The summed E-state index contributed by atoms with van der Waals surface area (Å²) in [7, 11) is 0. The molecule has 0 saturated carbocycles. The largest absolute Gasteiger partial charge is 0.366 e. The van der Waals surface area contributed by atoms with E-state index in [2.05, 4.69) is 78.6 Å². The third-order valence-electron chi connectivity index (χ3n) is 5.59. The highest BCUT2D eigenvalue weighted by molar-refractivity contribution is 5.30. The van der Waals surface area contributed by atoms with Crippen molar-refractivity contribution in [3.63, 3.8) is 0 Å². The second kappa shape index (κ2) is 8.49. The quantitative estimate of drug-likeness (QED) is 0.558. The molecule has 138 valence electrons. The van der Waals surface area contributed by atoms with Crippen LogP contribution in [0.1, 0.15) is 48.1 Å². The zero-order valence-electron chi connectivity index (χ0n) is 15.9. The number of ether oxygens (including phenoxy) is 1. The summed E-state index contributed by atoms with van der Waals surface area (Å²) >= 11 is 0. The second-order valence-corrected chi connectivity index (χ2v) is 7.63. The van der Waals surface area contributed by atoms with Crippen molar-refractivity contribution in [1.82, 2.24) is 4.98 Å². The number of pyridine rings is 1. The third kappa shape index (κ3) is 4.45. The van der Waals surface area contributed by atoms with Gasteiger partial charge in [-0.1, -0.05) is 54.6 Å². The molecule has 0 fully saturated rings. The molecule has 1 aliphatic carbocycles. The molecule has 3 aromatic rings. The van der Waals surface area contributed by atoms with Gasteiger partial charge >= 0.3 is 0 Å². The molecule has 2 heteroatoms. The highest BCUT2D eigenvalue weighted by Crippen LogP contribution is 2.32. The molecule has 3 unspecified atom stereocenters. The van der Waals surface area contributed by atoms with E-state index in [0.29, 0.717) is 5.92 Å². The molecule has 0 saturated heterocycles. The first-order valence-electron chi connectivity index (χ1n) is 9.96. The predicted octanol–water partition coefficient (Wildman–Crippen LogP) is 5.77. The number of rotatable bonds is 6. The Morgan fingerprint density at radius 1 is 0.889 bits per heavy atom. The van der Waals surface area contributed by atoms with Crippen LogP contribution in [0.2, 0.25) is 0 Å². The average molecular weight is 357 g/mol. The molecule has 1 heterocycles. The van der Waals surface area contributed by atoms with Gasteiger partial charge in [-0.25, -0.2) is 0 Å². The Bertz CT molecular complexity index is 807. The van der Waals surface area contributed by atoms with Crippen molar-refractivity contribution in [3.05, 3.63) is 101 Å². The highest BCUT2D eigenvalue weighted by atomic mass is 16.5. The summed E-state index contributed by atoms with van der Waals surface area (Å²) in [6.45, 7) is 2.22. The Hall–Kier alpha value is -2.45. The molecule has 2 nitrogen and oxygen atoms in total. The van der Waals surface area contributed by atoms with Gasteiger partial charge in [-0.3, -0.25) is 4.98 Å². The SMILES string of the molecule is CC(CC1CCc2ccccc2C1)OC(c1ccccc1)c1ccncc1. The Balaban J connectivity index is 1.45. The lowest BCUT2D eigenvalue weighted by Gasteiger charge is -2.29. The van der Waals surface area contributed by atoms with Crippen LogP contribution in [0.4, 0.5) is 0 Å². The monoisotopic (exact) mass is 357 g/mol. The maximum absolute atomic E-state index is 6.59. The van der Waals surface area contributed by atoms with Crippen molar-refractivity contribution in [3.8, 4) is 0 Å². The fourth-order valence-corrected chi connectivity index (χ4v) is 4.25. The second-order valence-electron chi connectivity index (χ2n) is 7.63. The van der Waals surface area contributed by atoms with Crippen LogP contribution < -0.4 is 0 Å². The fraction of sp³-hybridized carbons (Fsp3) is 0.320. The van der Waals surface area contributed by atoms with Crippen molar-refractivity contribution >= 4 is 0 Å². The van der Waals surface area contributed by atoms with Gasteiger partial charge < -0.3 is 4.74 Å². The first kappa shape index (κ1) is 17.9. The summed E-state index contributed by atoms with van der Waals surface area (Å²) in [5.74, 6) is 0.698. The van der Waals surface area contributed by atoms with E-state index in [-0.39, 0.29) is 12.2 Å². The molecule has 27 heavy (non-hydrogen) atoms. The van der Waals surface area contributed by atoms with Crippen LogP contribution in [0.3, 0.4) is 0 Å². The van der Waals surface area contributed by atoms with Gasteiger partial charge in [-0.15, -0.1) is 0 Å². The molecule has 0 amide bonds. The van der Waals surface area contributed by atoms with Crippen LogP contribution in [-0.4, -0.2) is 11.1 Å². The van der Waals surface area contributed by atoms with Crippen LogP contribution >= 0.6 is 0 Å². The van der Waals surface area contributed by atoms with Gasteiger partial charge in [0.25, 0.3) is 0 Å². The lowest BCUT2D eigenvalue weighted by Crippen LogP contribution is -2.22. The van der Waals surface area contributed by atoms with Crippen LogP contribution in [0, 0.1) is 5.92 Å². The fourth-order valence-electron chi connectivity index (χ4n) is 4.25. The van der Waals surface area contributed by atoms with Gasteiger partial charge in [0.15, 0.2) is 0 Å². The third-order valence-corrected chi connectivity index (χ3v) is 5.59. The lowest BCUT2D eigenvalue weighted by atomic mass is 9.81. The van der Waals surface area contributed by atoms with E-state index in [9.17, 15) is 0 Å². The molecule has 0 radical (unpaired) electrons. The molecule has 0 aliphatic heterocycles. The number of aromatic nitrogens is 1. The van der Waals surface area contributed by atoms with E-state index in [1.54, 1.807) is 0 Å². The minimum absolute atomic E-state index is 0.0416. The summed E-state index contributed by atoms with van der Waals surface area (Å²) in [5, 5.41) is 0. The number of fused-ring (bicyclic) bond motifs is 1. The van der Waals surface area contributed by atoms with Gasteiger partial charge in [0.2, 0.25) is 0 Å². The predicted molar refractivity (Wildman–Crippen MR) is 110 cm³/mol. The van der Waals surface area contributed by atoms with Crippen molar-refractivity contribution < 1.29 is 4.74 Å². The van der Waals surface area contributed by atoms with Gasteiger partial charge in [0, 0.05) is 12.4 Å². The topological polar surface area (TPSA) is 22.1 Å². The molecule has 0 spiro atoms. The first-order valence-corrected chi connectivity index (χ1v) is 9.96. The van der Waals surface area contributed by atoms with Crippen molar-refractivity contribution in [1.29, 1.82) is 0 Å². The summed E-state index contributed by atoms with van der Waals surface area (Å²) in [4.78, 5) is 4.16. The highest BCUT2D eigenvalue weighted by Gasteiger charge is 2.23. The summed E-state index contributed by atoms with van der Waals surface area (Å²) in [6.07, 6.45) is 8.58. The molecule has 1 aromatic heterocycles. The minimum Gasteiger partial charge on any atom is -0.366 e. The normalized spacial score (nSPS) is 18.5. The van der Waals surface area contributed by atoms with Crippen LogP contribution in [-0.2, 0) is 17.6 Å². The standard InChI is InChI=1S/C25H27NO/c1-19(17-20-11-12-21-7-5-6-10-24(21)18-20)27-25(22-8-3-2-4-9-22)23-13-15-26-16-14-23/h2-10,13-16,19-20,25H,11-12,17-18H2,1H3. The lowest BCUT2D eigenvalue weighted by molar-refractivity contribution is 0.00446. The number of benzene rings is 2. The van der Waals surface area contributed by atoms with Crippen molar-refractivity contribution in [2.45, 2.75) is 44.8 Å². The van der Waals surface area contributed by atoms with Crippen LogP contribution in [0.5, 0.6) is 0 Å². The minimum atomic E-state index is -0.0416. The average Bonchev–Trinajstić information content (AvgIpc) is 2.73. The Morgan fingerprint density at radius 3 is 2.33 bits per heavy atom. The molecule has 0 bridgehead atoms. The van der Waals surface area contributed by atoms with E-state index < -0.39 is 0 Å². The van der Waals surface area contributed by atoms with Crippen molar-refractivity contribution in [2.24, 2.45) is 5.92 Å². The number of hydrogen-bond donors (Lipinski definition) is 0. The van der Waals surface area contributed by atoms with Gasteiger partial charge in [-0.05, 0) is 72.9 Å². The molecule has 1 aliphatic rings. The Labute approximate surface area is 162 Å². The van der Waals surface area contributed by atoms with Crippen LogP contribution in [0.25, 0.3) is 0 Å². The van der Waals surface area contributed by atoms with E-state index in [1.165, 1.54) is 36.0 Å². The van der Waals surface area contributed by atoms with E-state index in [4.69, 9.17) is 4.74 Å². The smallest absolute Gasteiger partial charge is 0.108 e. The number of nitrogens with zero attached hydrogens (tertiary/aromatic N) is 1. The Morgan fingerprint density at radius 2 is 1.56 bits per heavy atom. The summed E-state index contributed by atoms with van der Waals surface area (Å²) in [5.41, 5.74) is 5.41. The number of hydrogen-bond acceptors (Lipinski definition) is 2. The van der Waals surface area contributed by atoms with Crippen molar-refractivity contribution in [2.75, 3.05) is 0 Å². The maximum Gasteiger partial charge on any atom is 0.108 e. The van der Waals surface area contributed by atoms with E-state index in [0.717, 1.165) is 12.0 Å².